The highest BCUT2D eigenvalue weighted by Gasteiger charge is 2.32. The predicted octanol–water partition coefficient (Wildman–Crippen LogP) is 3.78. The molecule has 0 bridgehead atoms. The zero-order chi connectivity index (χ0) is 14.3. The molecular weight excluding hydrogens is 244 g/mol. The first kappa shape index (κ1) is 13.5. The number of hydrogen-bond donors (Lipinski definition) is 0. The SMILES string of the molecule is C=C1CC[C@H]2CN(c3ccc(C(C)(C)C)cc3)CCN12. The lowest BCUT2D eigenvalue weighted by Crippen LogP contribution is -2.49. The molecule has 0 spiro atoms. The van der Waals surface area contributed by atoms with Gasteiger partial charge in [0.05, 0.1) is 0 Å². The van der Waals surface area contributed by atoms with Crippen LogP contribution < -0.4 is 4.90 Å². The molecule has 2 heterocycles. The molecule has 0 radical (unpaired) electrons. The van der Waals surface area contributed by atoms with Gasteiger partial charge >= 0.3 is 0 Å². The van der Waals surface area contributed by atoms with Crippen molar-refractivity contribution in [3.63, 3.8) is 0 Å². The maximum atomic E-state index is 4.18. The van der Waals surface area contributed by atoms with Crippen LogP contribution in [0.25, 0.3) is 0 Å². The Balaban J connectivity index is 1.73. The van der Waals surface area contributed by atoms with Crippen LogP contribution in [-0.4, -0.2) is 30.6 Å². The van der Waals surface area contributed by atoms with Crippen LogP contribution in [0.4, 0.5) is 5.69 Å². The molecule has 2 nitrogen and oxygen atoms in total. The molecule has 1 aromatic carbocycles. The van der Waals surface area contributed by atoms with Crippen molar-refractivity contribution in [2.75, 3.05) is 24.5 Å². The highest BCUT2D eigenvalue weighted by Crippen LogP contribution is 2.31. The molecule has 20 heavy (non-hydrogen) atoms. The second kappa shape index (κ2) is 4.83. The summed E-state index contributed by atoms with van der Waals surface area (Å²) in [6.07, 6.45) is 2.46. The Morgan fingerprint density at radius 1 is 1.10 bits per heavy atom. The van der Waals surface area contributed by atoms with Gasteiger partial charge in [-0.15, -0.1) is 0 Å². The van der Waals surface area contributed by atoms with Gasteiger partial charge in [0, 0.05) is 37.1 Å². The lowest BCUT2D eigenvalue weighted by Gasteiger charge is -2.40. The van der Waals surface area contributed by atoms with Crippen LogP contribution in [0.1, 0.15) is 39.2 Å². The van der Waals surface area contributed by atoms with Gasteiger partial charge in [-0.05, 0) is 36.0 Å². The van der Waals surface area contributed by atoms with E-state index in [1.807, 2.05) is 0 Å². The molecule has 3 rings (SSSR count). The Hall–Kier alpha value is -1.44. The predicted molar refractivity (Wildman–Crippen MR) is 86.2 cm³/mol. The van der Waals surface area contributed by atoms with Crippen molar-refractivity contribution >= 4 is 5.69 Å². The minimum Gasteiger partial charge on any atom is -0.369 e. The van der Waals surface area contributed by atoms with E-state index < -0.39 is 0 Å². The first-order chi connectivity index (χ1) is 9.45. The van der Waals surface area contributed by atoms with E-state index in [-0.39, 0.29) is 5.41 Å². The number of allylic oxidation sites excluding steroid dienone is 1. The van der Waals surface area contributed by atoms with Crippen molar-refractivity contribution in [1.82, 2.24) is 4.90 Å². The summed E-state index contributed by atoms with van der Waals surface area (Å²) in [7, 11) is 0. The van der Waals surface area contributed by atoms with Crippen LogP contribution in [0.5, 0.6) is 0 Å². The summed E-state index contributed by atoms with van der Waals surface area (Å²) >= 11 is 0. The zero-order valence-electron chi connectivity index (χ0n) is 13.0. The normalized spacial score (nSPS) is 23.1. The Morgan fingerprint density at radius 3 is 2.45 bits per heavy atom. The van der Waals surface area contributed by atoms with Crippen LogP contribution in [-0.2, 0) is 5.41 Å². The highest BCUT2D eigenvalue weighted by molar-refractivity contribution is 5.49. The molecule has 2 heteroatoms. The van der Waals surface area contributed by atoms with E-state index in [1.54, 1.807) is 0 Å². The molecule has 1 aromatic rings. The monoisotopic (exact) mass is 270 g/mol. The fraction of sp³-hybridized carbons (Fsp3) is 0.556. The number of nitrogens with zero attached hydrogens (tertiary/aromatic N) is 2. The fourth-order valence-electron chi connectivity index (χ4n) is 3.40. The van der Waals surface area contributed by atoms with Crippen molar-refractivity contribution < 1.29 is 0 Å². The minimum absolute atomic E-state index is 0.237. The molecule has 1 atom stereocenters. The van der Waals surface area contributed by atoms with E-state index in [4.69, 9.17) is 0 Å². The molecule has 0 amide bonds. The molecule has 2 saturated heterocycles. The number of benzene rings is 1. The summed E-state index contributed by atoms with van der Waals surface area (Å²) in [6.45, 7) is 14.4. The van der Waals surface area contributed by atoms with Crippen LogP contribution in [0.2, 0.25) is 0 Å². The molecule has 108 valence electrons. The first-order valence-corrected chi connectivity index (χ1v) is 7.75. The van der Waals surface area contributed by atoms with Gasteiger partial charge in [-0.2, -0.15) is 0 Å². The minimum atomic E-state index is 0.237. The molecule has 2 aliphatic rings. The summed E-state index contributed by atoms with van der Waals surface area (Å²) in [6, 6.07) is 9.84. The number of rotatable bonds is 1. The van der Waals surface area contributed by atoms with E-state index in [2.05, 4.69) is 61.4 Å². The van der Waals surface area contributed by atoms with Gasteiger partial charge in [-0.3, -0.25) is 0 Å². The van der Waals surface area contributed by atoms with Gasteiger partial charge in [-0.25, -0.2) is 0 Å². The molecule has 0 saturated carbocycles. The molecule has 0 unspecified atom stereocenters. The van der Waals surface area contributed by atoms with Crippen LogP contribution >= 0.6 is 0 Å². The maximum Gasteiger partial charge on any atom is 0.0466 e. The van der Waals surface area contributed by atoms with E-state index in [1.165, 1.54) is 29.8 Å². The second-order valence-electron chi connectivity index (χ2n) is 7.20. The average Bonchev–Trinajstić information content (AvgIpc) is 2.79. The third kappa shape index (κ3) is 2.44. The summed E-state index contributed by atoms with van der Waals surface area (Å²) in [5, 5.41) is 0. The second-order valence-corrected chi connectivity index (χ2v) is 7.20. The Bertz CT molecular complexity index is 495. The molecular formula is C18H26N2. The van der Waals surface area contributed by atoms with E-state index in [0.717, 1.165) is 19.6 Å². The lowest BCUT2D eigenvalue weighted by molar-refractivity contribution is 0.266. The average molecular weight is 270 g/mol. The van der Waals surface area contributed by atoms with Crippen LogP contribution in [0.15, 0.2) is 36.5 Å². The Morgan fingerprint density at radius 2 is 1.80 bits per heavy atom. The fourth-order valence-corrected chi connectivity index (χ4v) is 3.40. The molecule has 0 aromatic heterocycles. The first-order valence-electron chi connectivity index (χ1n) is 7.75. The molecule has 2 aliphatic heterocycles. The van der Waals surface area contributed by atoms with Crippen molar-refractivity contribution in [2.24, 2.45) is 0 Å². The largest absolute Gasteiger partial charge is 0.369 e. The summed E-state index contributed by atoms with van der Waals surface area (Å²) in [5.74, 6) is 0. The van der Waals surface area contributed by atoms with Crippen molar-refractivity contribution in [2.45, 2.75) is 45.1 Å². The van der Waals surface area contributed by atoms with Crippen molar-refractivity contribution in [1.29, 1.82) is 0 Å². The number of anilines is 1. The zero-order valence-corrected chi connectivity index (χ0v) is 13.0. The van der Waals surface area contributed by atoms with Gasteiger partial charge in [0.25, 0.3) is 0 Å². The van der Waals surface area contributed by atoms with E-state index >= 15 is 0 Å². The smallest absolute Gasteiger partial charge is 0.0466 e. The standard InChI is InChI=1S/C18H26N2/c1-14-5-8-17-13-19(11-12-20(14)17)16-9-6-15(7-10-16)18(2,3)4/h6-7,9-10,17H,1,5,8,11-13H2,2-4H3/t17-/m0/s1. The molecule has 0 N–H and O–H groups in total. The summed E-state index contributed by atoms with van der Waals surface area (Å²) in [5.41, 5.74) is 4.36. The summed E-state index contributed by atoms with van der Waals surface area (Å²) < 4.78 is 0. The lowest BCUT2D eigenvalue weighted by atomic mass is 9.87. The molecule has 2 fully saturated rings. The quantitative estimate of drug-likeness (QED) is 0.766. The van der Waals surface area contributed by atoms with Gasteiger partial charge < -0.3 is 9.80 Å². The number of fused-ring (bicyclic) bond motifs is 1. The maximum absolute atomic E-state index is 4.18. The van der Waals surface area contributed by atoms with Crippen molar-refractivity contribution in [3.8, 4) is 0 Å². The third-order valence-electron chi connectivity index (χ3n) is 4.75. The number of piperazine rings is 1. The Kier molecular flexibility index (Phi) is 3.27. The summed E-state index contributed by atoms with van der Waals surface area (Å²) in [4.78, 5) is 5.05. The van der Waals surface area contributed by atoms with Crippen LogP contribution in [0.3, 0.4) is 0 Å². The molecule has 0 aliphatic carbocycles. The van der Waals surface area contributed by atoms with Gasteiger partial charge in [-0.1, -0.05) is 39.5 Å². The van der Waals surface area contributed by atoms with Crippen LogP contribution in [0, 0.1) is 0 Å². The number of hydrogen-bond acceptors (Lipinski definition) is 2. The third-order valence-corrected chi connectivity index (χ3v) is 4.75. The van der Waals surface area contributed by atoms with Crippen molar-refractivity contribution in [3.05, 3.63) is 42.1 Å². The topological polar surface area (TPSA) is 6.48 Å². The van der Waals surface area contributed by atoms with Gasteiger partial charge in [0.2, 0.25) is 0 Å². The van der Waals surface area contributed by atoms with Gasteiger partial charge in [0.1, 0.15) is 0 Å². The van der Waals surface area contributed by atoms with E-state index in [0.29, 0.717) is 6.04 Å². The van der Waals surface area contributed by atoms with Gasteiger partial charge in [0.15, 0.2) is 0 Å². The van der Waals surface area contributed by atoms with E-state index in [9.17, 15) is 0 Å². The highest BCUT2D eigenvalue weighted by atomic mass is 15.3. The Labute approximate surface area is 123 Å².